The van der Waals surface area contributed by atoms with Crippen LogP contribution in [0.25, 0.3) is 0 Å². The van der Waals surface area contributed by atoms with Crippen molar-refractivity contribution >= 4 is 29.8 Å². The number of piperidine rings is 1. The van der Waals surface area contributed by atoms with E-state index in [0.717, 1.165) is 19.4 Å². The Kier molecular flexibility index (Phi) is 7.51. The number of amides is 1. The van der Waals surface area contributed by atoms with Crippen molar-refractivity contribution < 1.29 is 9.59 Å². The highest BCUT2D eigenvalue weighted by Gasteiger charge is 2.22. The molecule has 1 aromatic rings. The van der Waals surface area contributed by atoms with Crippen LogP contribution in [0.5, 0.6) is 0 Å². The first kappa shape index (κ1) is 18.6. The minimum atomic E-state index is -0.0592. The summed E-state index contributed by atoms with van der Waals surface area (Å²) in [7, 11) is 0. The Morgan fingerprint density at radius 1 is 1.36 bits per heavy atom. The third-order valence-electron chi connectivity index (χ3n) is 3.92. The molecule has 1 unspecified atom stereocenters. The number of hydrogen-bond donors (Lipinski definition) is 2. The molecule has 2 rings (SSSR count). The highest BCUT2D eigenvalue weighted by atomic mass is 35.5. The van der Waals surface area contributed by atoms with Crippen LogP contribution in [-0.2, 0) is 4.79 Å². The monoisotopic (exact) mass is 325 g/mol. The summed E-state index contributed by atoms with van der Waals surface area (Å²) < 4.78 is 0. The van der Waals surface area contributed by atoms with Gasteiger partial charge in [-0.3, -0.25) is 14.5 Å². The van der Waals surface area contributed by atoms with E-state index in [4.69, 9.17) is 5.73 Å². The normalized spacial score (nSPS) is 18.4. The molecule has 1 amide bonds. The lowest BCUT2D eigenvalue weighted by atomic mass is 10.0. The predicted octanol–water partition coefficient (Wildman–Crippen LogP) is 2.06. The van der Waals surface area contributed by atoms with Gasteiger partial charge in [0.1, 0.15) is 0 Å². The van der Waals surface area contributed by atoms with Gasteiger partial charge in [-0.25, -0.2) is 0 Å². The Morgan fingerprint density at radius 3 is 2.82 bits per heavy atom. The molecule has 5 nitrogen and oxygen atoms in total. The number of halogens is 1. The summed E-state index contributed by atoms with van der Waals surface area (Å²) in [6.45, 7) is 3.38. The van der Waals surface area contributed by atoms with Gasteiger partial charge in [-0.15, -0.1) is 12.4 Å². The fourth-order valence-electron chi connectivity index (χ4n) is 2.74. The average Bonchev–Trinajstić information content (AvgIpc) is 2.48. The molecule has 1 fully saturated rings. The quantitative estimate of drug-likeness (QED) is 0.813. The van der Waals surface area contributed by atoms with Crippen molar-refractivity contribution in [2.75, 3.05) is 25.0 Å². The predicted molar refractivity (Wildman–Crippen MR) is 90.6 cm³/mol. The summed E-state index contributed by atoms with van der Waals surface area (Å²) in [4.78, 5) is 25.6. The number of carbonyl (C=O) groups is 2. The number of anilines is 1. The first-order chi connectivity index (χ1) is 10.1. The third-order valence-corrected chi connectivity index (χ3v) is 3.92. The second-order valence-corrected chi connectivity index (χ2v) is 5.54. The van der Waals surface area contributed by atoms with Gasteiger partial charge in [0.2, 0.25) is 5.91 Å². The van der Waals surface area contributed by atoms with Crippen LogP contribution < -0.4 is 11.1 Å². The highest BCUT2D eigenvalue weighted by molar-refractivity contribution is 5.97. The van der Waals surface area contributed by atoms with Crippen LogP contribution in [0, 0.1) is 0 Å². The number of likely N-dealkylation sites (tertiary alicyclic amines) is 1. The SMILES string of the molecule is CC(=O)c1cccc(NC(=O)CN2CCCCC2CN)c1.Cl. The van der Waals surface area contributed by atoms with Crippen LogP contribution >= 0.6 is 12.4 Å². The van der Waals surface area contributed by atoms with Gasteiger partial charge < -0.3 is 11.1 Å². The third kappa shape index (κ3) is 5.09. The molecule has 0 bridgehead atoms. The van der Waals surface area contributed by atoms with Crippen LogP contribution in [0.3, 0.4) is 0 Å². The van der Waals surface area contributed by atoms with Crippen molar-refractivity contribution in [2.24, 2.45) is 5.73 Å². The van der Waals surface area contributed by atoms with E-state index in [9.17, 15) is 9.59 Å². The minimum Gasteiger partial charge on any atom is -0.329 e. The van der Waals surface area contributed by atoms with Crippen LogP contribution in [0.15, 0.2) is 24.3 Å². The van der Waals surface area contributed by atoms with Crippen molar-refractivity contribution in [3.8, 4) is 0 Å². The second kappa shape index (κ2) is 8.88. The molecule has 0 saturated carbocycles. The maximum atomic E-state index is 12.1. The first-order valence-electron chi connectivity index (χ1n) is 7.45. The smallest absolute Gasteiger partial charge is 0.238 e. The van der Waals surface area contributed by atoms with Crippen LogP contribution in [-0.4, -0.2) is 42.3 Å². The van der Waals surface area contributed by atoms with E-state index in [2.05, 4.69) is 10.2 Å². The number of nitrogens with two attached hydrogens (primary N) is 1. The lowest BCUT2D eigenvalue weighted by Gasteiger charge is -2.34. The molecule has 6 heteroatoms. The number of benzene rings is 1. The van der Waals surface area contributed by atoms with Gasteiger partial charge in [0, 0.05) is 23.8 Å². The molecule has 1 aromatic carbocycles. The van der Waals surface area contributed by atoms with E-state index >= 15 is 0 Å². The van der Waals surface area contributed by atoms with Crippen molar-refractivity contribution in [2.45, 2.75) is 32.2 Å². The standard InChI is InChI=1S/C16H23N3O2.ClH/c1-12(20)13-5-4-6-14(9-13)18-16(21)11-19-8-3-2-7-15(19)10-17;/h4-6,9,15H,2-3,7-8,10-11,17H2,1H3,(H,18,21);1H. The first-order valence-corrected chi connectivity index (χ1v) is 7.45. The molecule has 22 heavy (non-hydrogen) atoms. The molecule has 1 heterocycles. The second-order valence-electron chi connectivity index (χ2n) is 5.54. The Balaban J connectivity index is 0.00000242. The zero-order valence-corrected chi connectivity index (χ0v) is 13.7. The van der Waals surface area contributed by atoms with Gasteiger partial charge in [0.05, 0.1) is 6.54 Å². The molecular weight excluding hydrogens is 302 g/mol. The molecule has 122 valence electrons. The Hall–Kier alpha value is -1.43. The number of hydrogen-bond acceptors (Lipinski definition) is 4. The Bertz CT molecular complexity index is 522. The van der Waals surface area contributed by atoms with Gasteiger partial charge in [-0.05, 0) is 38.4 Å². The van der Waals surface area contributed by atoms with E-state index in [1.54, 1.807) is 24.3 Å². The fraction of sp³-hybridized carbons (Fsp3) is 0.500. The van der Waals surface area contributed by atoms with Gasteiger partial charge in [0.15, 0.2) is 5.78 Å². The zero-order chi connectivity index (χ0) is 15.2. The van der Waals surface area contributed by atoms with Crippen LogP contribution in [0.1, 0.15) is 36.5 Å². The maximum absolute atomic E-state index is 12.1. The summed E-state index contributed by atoms with van der Waals surface area (Å²) in [6, 6.07) is 7.31. The van der Waals surface area contributed by atoms with Gasteiger partial charge >= 0.3 is 0 Å². The summed E-state index contributed by atoms with van der Waals surface area (Å²) in [5, 5.41) is 2.86. The molecule has 0 aromatic heterocycles. The van der Waals surface area contributed by atoms with Gasteiger partial charge in [-0.1, -0.05) is 18.6 Å². The topological polar surface area (TPSA) is 75.4 Å². The lowest BCUT2D eigenvalue weighted by Crippen LogP contribution is -2.47. The molecule has 1 aliphatic heterocycles. The molecule has 0 aliphatic carbocycles. The molecule has 1 saturated heterocycles. The molecule has 0 radical (unpaired) electrons. The highest BCUT2D eigenvalue weighted by Crippen LogP contribution is 2.16. The van der Waals surface area contributed by atoms with Crippen LogP contribution in [0.2, 0.25) is 0 Å². The van der Waals surface area contributed by atoms with E-state index in [0.29, 0.717) is 30.4 Å². The number of ketones is 1. The molecule has 3 N–H and O–H groups in total. The maximum Gasteiger partial charge on any atom is 0.238 e. The minimum absolute atomic E-state index is 0. The van der Waals surface area contributed by atoms with E-state index in [1.807, 2.05) is 0 Å². The summed E-state index contributed by atoms with van der Waals surface area (Å²) in [6.07, 6.45) is 3.36. The number of nitrogens with zero attached hydrogens (tertiary/aromatic N) is 1. The van der Waals surface area contributed by atoms with Crippen LogP contribution in [0.4, 0.5) is 5.69 Å². The molecule has 1 aliphatic rings. The summed E-state index contributed by atoms with van der Waals surface area (Å²) >= 11 is 0. The number of nitrogens with one attached hydrogen (secondary N) is 1. The number of carbonyl (C=O) groups excluding carboxylic acids is 2. The van der Waals surface area contributed by atoms with E-state index < -0.39 is 0 Å². The molecule has 1 atom stereocenters. The largest absolute Gasteiger partial charge is 0.329 e. The van der Waals surface area contributed by atoms with Crippen molar-refractivity contribution in [3.63, 3.8) is 0 Å². The van der Waals surface area contributed by atoms with E-state index in [1.165, 1.54) is 13.3 Å². The van der Waals surface area contributed by atoms with Gasteiger partial charge in [0.25, 0.3) is 0 Å². The van der Waals surface area contributed by atoms with E-state index in [-0.39, 0.29) is 24.1 Å². The molecule has 0 spiro atoms. The van der Waals surface area contributed by atoms with Crippen molar-refractivity contribution in [1.82, 2.24) is 4.90 Å². The average molecular weight is 326 g/mol. The summed E-state index contributed by atoms with van der Waals surface area (Å²) in [5.74, 6) is -0.0682. The molecular formula is C16H24ClN3O2. The van der Waals surface area contributed by atoms with Crippen molar-refractivity contribution in [3.05, 3.63) is 29.8 Å². The fourth-order valence-corrected chi connectivity index (χ4v) is 2.74. The van der Waals surface area contributed by atoms with Crippen molar-refractivity contribution in [1.29, 1.82) is 0 Å². The lowest BCUT2D eigenvalue weighted by molar-refractivity contribution is -0.118. The van der Waals surface area contributed by atoms with Gasteiger partial charge in [-0.2, -0.15) is 0 Å². The number of Topliss-reactive ketones (excluding diaryl/α,β-unsaturated/α-hetero) is 1. The Labute approximate surface area is 137 Å². The zero-order valence-electron chi connectivity index (χ0n) is 12.9. The Morgan fingerprint density at radius 2 is 2.14 bits per heavy atom. The number of rotatable bonds is 5. The summed E-state index contributed by atoms with van der Waals surface area (Å²) in [5.41, 5.74) is 7.03.